The number of hydrogen-bond donors (Lipinski definition) is 7. The van der Waals surface area contributed by atoms with Crippen LogP contribution in [0.2, 0.25) is 0 Å². The molecule has 7 atom stereocenters. The van der Waals surface area contributed by atoms with Crippen LogP contribution in [-0.2, 0) is 23.9 Å². The summed E-state index contributed by atoms with van der Waals surface area (Å²) >= 11 is 0. The van der Waals surface area contributed by atoms with Crippen LogP contribution in [-0.4, -0.2) is 97.4 Å². The molecule has 0 aromatic carbocycles. The molecule has 1 amide bonds. The second-order valence-corrected chi connectivity index (χ2v) is 6.03. The van der Waals surface area contributed by atoms with E-state index in [0.717, 1.165) is 13.8 Å². The number of ether oxygens (including phenoxy) is 2. The van der Waals surface area contributed by atoms with Crippen LogP contribution in [0.4, 0.5) is 0 Å². The maximum atomic E-state index is 11.3. The average Bonchev–Trinajstić information content (AvgIpc) is 2.53. The van der Waals surface area contributed by atoms with Crippen LogP contribution >= 0.6 is 0 Å². The second kappa shape index (κ2) is 8.70. The molecule has 0 saturated carbocycles. The summed E-state index contributed by atoms with van der Waals surface area (Å²) in [7, 11) is 0. The number of aliphatic carboxylic acids is 1. The van der Waals surface area contributed by atoms with Crippen molar-refractivity contribution in [3.8, 4) is 0 Å². The number of carbonyl (C=O) groups is 3. The predicted octanol–water partition coefficient (Wildman–Crippen LogP) is -3.94. The molecule has 12 nitrogen and oxygen atoms in total. The van der Waals surface area contributed by atoms with Crippen molar-refractivity contribution in [2.45, 2.75) is 62.6 Å². The topological polar surface area (TPSA) is 203 Å². The fourth-order valence-corrected chi connectivity index (χ4v) is 2.41. The van der Waals surface area contributed by atoms with Crippen molar-refractivity contribution in [2.75, 3.05) is 6.61 Å². The minimum Gasteiger partial charge on any atom is -0.477 e. The molecule has 12 heteroatoms. The standard InChI is InChI=1S/C14H23NO11/c1-5(16)12(21)25-4-8(19)10(20)11-9(15-6(2)17)7(18)3-14(24,26-11)13(22)23/h5,7-11,16,18-20,24H,3-4H2,1-2H3,(H,15,17)(H,22,23)/t5?,7-,8+,9+,10+,11+,14?/m0/s1. The van der Waals surface area contributed by atoms with E-state index < -0.39 is 73.2 Å². The monoisotopic (exact) mass is 381 g/mol. The highest BCUT2D eigenvalue weighted by Crippen LogP contribution is 2.30. The van der Waals surface area contributed by atoms with E-state index in [1.54, 1.807) is 0 Å². The lowest BCUT2D eigenvalue weighted by Gasteiger charge is -2.44. The second-order valence-electron chi connectivity index (χ2n) is 6.03. The Balaban J connectivity index is 2.97. The van der Waals surface area contributed by atoms with Gasteiger partial charge in [0.2, 0.25) is 5.91 Å². The normalized spacial score (nSPS) is 32.2. The minimum absolute atomic E-state index is 0.648. The maximum absolute atomic E-state index is 11.3. The van der Waals surface area contributed by atoms with Crippen LogP contribution in [0.5, 0.6) is 0 Å². The third-order valence-corrected chi connectivity index (χ3v) is 3.76. The summed E-state index contributed by atoms with van der Waals surface area (Å²) in [6.07, 6.45) is -9.44. The molecule has 1 aliphatic heterocycles. The van der Waals surface area contributed by atoms with Gasteiger partial charge in [-0.1, -0.05) is 0 Å². The molecule has 1 saturated heterocycles. The number of aliphatic hydroxyl groups is 5. The van der Waals surface area contributed by atoms with E-state index >= 15 is 0 Å². The number of carbonyl (C=O) groups excluding carboxylic acids is 2. The van der Waals surface area contributed by atoms with Gasteiger partial charge < -0.3 is 45.4 Å². The maximum Gasteiger partial charge on any atom is 0.364 e. The zero-order chi connectivity index (χ0) is 20.2. The van der Waals surface area contributed by atoms with Gasteiger partial charge in [0.05, 0.1) is 12.1 Å². The number of nitrogens with one attached hydrogen (secondary N) is 1. The van der Waals surface area contributed by atoms with E-state index in [0.29, 0.717) is 0 Å². The Labute approximate surface area is 148 Å². The molecule has 150 valence electrons. The van der Waals surface area contributed by atoms with Crippen LogP contribution in [0.3, 0.4) is 0 Å². The highest BCUT2D eigenvalue weighted by Gasteiger charge is 2.54. The molecule has 0 aliphatic carbocycles. The fourth-order valence-electron chi connectivity index (χ4n) is 2.41. The van der Waals surface area contributed by atoms with Gasteiger partial charge in [0, 0.05) is 13.3 Å². The molecule has 26 heavy (non-hydrogen) atoms. The molecule has 0 aromatic rings. The van der Waals surface area contributed by atoms with Gasteiger partial charge in [-0.3, -0.25) is 4.79 Å². The van der Waals surface area contributed by atoms with Crippen LogP contribution in [0.25, 0.3) is 0 Å². The summed E-state index contributed by atoms with van der Waals surface area (Å²) in [5.41, 5.74) is 0. The number of carboxylic acids is 1. The minimum atomic E-state index is -2.87. The lowest BCUT2D eigenvalue weighted by atomic mass is 9.88. The van der Waals surface area contributed by atoms with Crippen molar-refractivity contribution in [1.29, 1.82) is 0 Å². The van der Waals surface area contributed by atoms with E-state index in [2.05, 4.69) is 10.1 Å². The van der Waals surface area contributed by atoms with E-state index in [4.69, 9.17) is 14.9 Å². The SMILES string of the molecule is CC(=O)N[C@H]1[C@H]([C@H](O)[C@H](O)COC(=O)C(C)O)OC(O)(C(=O)O)C[C@@H]1O. The van der Waals surface area contributed by atoms with Crippen LogP contribution in [0.1, 0.15) is 20.3 Å². The molecule has 1 fully saturated rings. The number of hydrogen-bond acceptors (Lipinski definition) is 10. The van der Waals surface area contributed by atoms with Gasteiger partial charge in [0.15, 0.2) is 0 Å². The first-order valence-corrected chi connectivity index (χ1v) is 7.68. The number of rotatable bonds is 7. The summed E-state index contributed by atoms with van der Waals surface area (Å²) in [5, 5.41) is 60.5. The lowest BCUT2D eigenvalue weighted by Crippen LogP contribution is -2.67. The van der Waals surface area contributed by atoms with Gasteiger partial charge in [-0.15, -0.1) is 0 Å². The van der Waals surface area contributed by atoms with Crippen molar-refractivity contribution in [2.24, 2.45) is 0 Å². The van der Waals surface area contributed by atoms with Gasteiger partial charge in [0.1, 0.15) is 31.0 Å². The number of carboxylic acid groups (broad SMARTS) is 1. The third-order valence-electron chi connectivity index (χ3n) is 3.76. The van der Waals surface area contributed by atoms with E-state index in [9.17, 15) is 34.8 Å². The number of amides is 1. The zero-order valence-corrected chi connectivity index (χ0v) is 14.1. The molecule has 0 aromatic heterocycles. The molecule has 1 aliphatic rings. The van der Waals surface area contributed by atoms with Gasteiger partial charge in [-0.25, -0.2) is 9.59 Å². The summed E-state index contributed by atoms with van der Waals surface area (Å²) in [5.74, 6) is -6.44. The van der Waals surface area contributed by atoms with Gasteiger partial charge in [0.25, 0.3) is 5.79 Å². The Bertz CT molecular complexity index is 539. The van der Waals surface area contributed by atoms with E-state index in [1.807, 2.05) is 0 Å². The summed E-state index contributed by atoms with van der Waals surface area (Å²) in [4.78, 5) is 33.6. The van der Waals surface area contributed by atoms with Crippen molar-refractivity contribution in [3.05, 3.63) is 0 Å². The summed E-state index contributed by atoms with van der Waals surface area (Å²) < 4.78 is 9.47. The lowest BCUT2D eigenvalue weighted by molar-refractivity contribution is -0.295. The smallest absolute Gasteiger partial charge is 0.364 e. The molecule has 0 bridgehead atoms. The first-order valence-electron chi connectivity index (χ1n) is 7.68. The fraction of sp³-hybridized carbons (Fsp3) is 0.786. The van der Waals surface area contributed by atoms with Crippen molar-refractivity contribution in [1.82, 2.24) is 5.32 Å². The highest BCUT2D eigenvalue weighted by molar-refractivity contribution is 5.76. The van der Waals surface area contributed by atoms with Crippen molar-refractivity contribution in [3.63, 3.8) is 0 Å². The van der Waals surface area contributed by atoms with Crippen LogP contribution in [0, 0.1) is 0 Å². The Morgan fingerprint density at radius 3 is 2.35 bits per heavy atom. The summed E-state index contributed by atoms with van der Waals surface area (Å²) in [6, 6.07) is -1.36. The Morgan fingerprint density at radius 1 is 1.31 bits per heavy atom. The van der Waals surface area contributed by atoms with Crippen LogP contribution < -0.4 is 5.32 Å². The van der Waals surface area contributed by atoms with Gasteiger partial charge in [-0.05, 0) is 6.92 Å². The third kappa shape index (κ3) is 5.33. The zero-order valence-electron chi connectivity index (χ0n) is 14.1. The van der Waals surface area contributed by atoms with Gasteiger partial charge in [-0.2, -0.15) is 0 Å². The van der Waals surface area contributed by atoms with Crippen molar-refractivity contribution < 1.29 is 54.5 Å². The molecular formula is C14H23NO11. The molecule has 0 spiro atoms. The quantitative estimate of drug-likeness (QED) is 0.212. The molecule has 2 unspecified atom stereocenters. The van der Waals surface area contributed by atoms with Crippen molar-refractivity contribution >= 4 is 17.8 Å². The first kappa shape index (κ1) is 22.2. The summed E-state index contributed by atoms with van der Waals surface area (Å²) in [6.45, 7) is 1.42. The predicted molar refractivity (Wildman–Crippen MR) is 80.3 cm³/mol. The largest absolute Gasteiger partial charge is 0.477 e. The van der Waals surface area contributed by atoms with E-state index in [-0.39, 0.29) is 0 Å². The Hall–Kier alpha value is -1.83. The van der Waals surface area contributed by atoms with Gasteiger partial charge >= 0.3 is 11.9 Å². The number of esters is 1. The molecule has 0 radical (unpaired) electrons. The highest BCUT2D eigenvalue weighted by atomic mass is 16.7. The van der Waals surface area contributed by atoms with Crippen LogP contribution in [0.15, 0.2) is 0 Å². The Morgan fingerprint density at radius 2 is 1.88 bits per heavy atom. The number of aliphatic hydroxyl groups excluding tert-OH is 4. The Kier molecular flexibility index (Phi) is 7.44. The molecule has 7 N–H and O–H groups in total. The molecule has 1 rings (SSSR count). The average molecular weight is 381 g/mol. The molecular weight excluding hydrogens is 358 g/mol. The van der Waals surface area contributed by atoms with E-state index in [1.165, 1.54) is 0 Å². The molecule has 1 heterocycles. The first-order chi connectivity index (χ1) is 11.9.